The minimum Gasteiger partial charge on any atom is -0.396 e. The number of nitrogen functional groups attached to an aromatic ring is 1. The number of hydrogen-bond donors (Lipinski definition) is 1. The summed E-state index contributed by atoms with van der Waals surface area (Å²) in [5, 5.41) is 0.365. The van der Waals surface area contributed by atoms with Crippen molar-refractivity contribution >= 4 is 17.3 Å². The minimum absolute atomic E-state index is 0.149. The SMILES string of the molecule is Nc1cc(C2CCCCO2)cnc1Cl. The van der Waals surface area contributed by atoms with E-state index in [1.165, 1.54) is 6.42 Å². The second-order valence-corrected chi connectivity index (χ2v) is 3.86. The van der Waals surface area contributed by atoms with Crippen molar-refractivity contribution in [2.75, 3.05) is 12.3 Å². The molecule has 3 nitrogen and oxygen atoms in total. The number of nitrogens with two attached hydrogens (primary N) is 1. The van der Waals surface area contributed by atoms with Crippen LogP contribution < -0.4 is 5.73 Å². The fraction of sp³-hybridized carbons (Fsp3) is 0.500. The van der Waals surface area contributed by atoms with Crippen molar-refractivity contribution in [3.05, 3.63) is 23.0 Å². The molecular weight excluding hydrogens is 200 g/mol. The topological polar surface area (TPSA) is 48.1 Å². The predicted molar refractivity (Wildman–Crippen MR) is 56.2 cm³/mol. The molecule has 1 aliphatic rings. The lowest BCUT2D eigenvalue weighted by Gasteiger charge is -2.22. The van der Waals surface area contributed by atoms with Gasteiger partial charge in [-0.25, -0.2) is 4.98 Å². The third-order valence-corrected chi connectivity index (χ3v) is 2.75. The molecule has 0 bridgehead atoms. The number of halogens is 1. The van der Waals surface area contributed by atoms with E-state index in [1.807, 2.05) is 6.07 Å². The van der Waals surface area contributed by atoms with Crippen LogP contribution in [0.25, 0.3) is 0 Å². The number of ether oxygens (including phenoxy) is 1. The molecule has 0 spiro atoms. The first-order chi connectivity index (χ1) is 6.77. The Hall–Kier alpha value is -0.800. The summed E-state index contributed by atoms with van der Waals surface area (Å²) in [5.41, 5.74) is 7.24. The van der Waals surface area contributed by atoms with Gasteiger partial charge >= 0.3 is 0 Å². The zero-order valence-corrected chi connectivity index (χ0v) is 8.63. The Morgan fingerprint density at radius 1 is 1.50 bits per heavy atom. The normalized spacial score (nSPS) is 22.2. The summed E-state index contributed by atoms with van der Waals surface area (Å²) < 4.78 is 5.62. The molecule has 1 saturated heterocycles. The zero-order valence-electron chi connectivity index (χ0n) is 7.87. The average molecular weight is 213 g/mol. The fourth-order valence-electron chi connectivity index (χ4n) is 1.66. The van der Waals surface area contributed by atoms with Gasteiger partial charge in [0.2, 0.25) is 0 Å². The summed E-state index contributed by atoms with van der Waals surface area (Å²) in [6.07, 6.45) is 5.29. The van der Waals surface area contributed by atoms with E-state index >= 15 is 0 Å². The van der Waals surface area contributed by atoms with Gasteiger partial charge in [0.1, 0.15) is 0 Å². The van der Waals surface area contributed by atoms with E-state index in [4.69, 9.17) is 22.1 Å². The van der Waals surface area contributed by atoms with Crippen LogP contribution in [0.4, 0.5) is 5.69 Å². The number of pyridine rings is 1. The highest BCUT2D eigenvalue weighted by atomic mass is 35.5. The molecule has 2 N–H and O–H groups in total. The molecule has 2 heterocycles. The Morgan fingerprint density at radius 3 is 3.00 bits per heavy atom. The summed E-state index contributed by atoms with van der Waals surface area (Å²) in [6, 6.07) is 1.85. The van der Waals surface area contributed by atoms with E-state index in [1.54, 1.807) is 6.20 Å². The van der Waals surface area contributed by atoms with Crippen LogP contribution in [-0.2, 0) is 4.74 Å². The Balaban J connectivity index is 2.18. The molecule has 0 radical (unpaired) electrons. The summed E-state index contributed by atoms with van der Waals surface area (Å²) in [5.74, 6) is 0. The molecule has 2 rings (SSSR count). The van der Waals surface area contributed by atoms with Crippen molar-refractivity contribution in [3.63, 3.8) is 0 Å². The molecule has 76 valence electrons. The first-order valence-electron chi connectivity index (χ1n) is 4.80. The molecule has 0 amide bonds. The molecule has 4 heteroatoms. The third-order valence-electron chi connectivity index (χ3n) is 2.44. The summed E-state index contributed by atoms with van der Waals surface area (Å²) in [6.45, 7) is 0.827. The smallest absolute Gasteiger partial charge is 0.151 e. The quantitative estimate of drug-likeness (QED) is 0.728. The highest BCUT2D eigenvalue weighted by Gasteiger charge is 2.16. The average Bonchev–Trinajstić information content (AvgIpc) is 2.23. The molecule has 1 aromatic heterocycles. The first kappa shape index (κ1) is 9.74. The maximum atomic E-state index is 5.74. The Bertz CT molecular complexity index is 324. The largest absolute Gasteiger partial charge is 0.396 e. The van der Waals surface area contributed by atoms with Gasteiger partial charge in [0.05, 0.1) is 11.8 Å². The van der Waals surface area contributed by atoms with Crippen LogP contribution >= 0.6 is 11.6 Å². The molecule has 1 fully saturated rings. The fourth-order valence-corrected chi connectivity index (χ4v) is 1.77. The van der Waals surface area contributed by atoms with Gasteiger partial charge in [0.25, 0.3) is 0 Å². The van der Waals surface area contributed by atoms with E-state index in [2.05, 4.69) is 4.98 Å². The Labute approximate surface area is 88.2 Å². The maximum absolute atomic E-state index is 5.74. The maximum Gasteiger partial charge on any atom is 0.151 e. The van der Waals surface area contributed by atoms with Gasteiger partial charge in [-0.3, -0.25) is 0 Å². The Kier molecular flexibility index (Phi) is 2.89. The lowest BCUT2D eigenvalue weighted by molar-refractivity contribution is 0.0148. The van der Waals surface area contributed by atoms with Gasteiger partial charge in [-0.15, -0.1) is 0 Å². The van der Waals surface area contributed by atoms with E-state index in [9.17, 15) is 0 Å². The Morgan fingerprint density at radius 2 is 2.36 bits per heavy atom. The van der Waals surface area contributed by atoms with Crippen LogP contribution in [0.1, 0.15) is 30.9 Å². The molecule has 0 saturated carbocycles. The predicted octanol–water partition coefficient (Wildman–Crippen LogP) is 2.56. The summed E-state index contributed by atoms with van der Waals surface area (Å²) in [7, 11) is 0. The summed E-state index contributed by atoms with van der Waals surface area (Å²) in [4.78, 5) is 4.01. The molecule has 14 heavy (non-hydrogen) atoms. The van der Waals surface area contributed by atoms with Crippen LogP contribution in [0.2, 0.25) is 5.15 Å². The number of nitrogens with zero attached hydrogens (tertiary/aromatic N) is 1. The molecule has 1 unspecified atom stereocenters. The second kappa shape index (κ2) is 4.15. The van der Waals surface area contributed by atoms with Gasteiger partial charge < -0.3 is 10.5 Å². The minimum atomic E-state index is 0.149. The molecule has 1 aliphatic heterocycles. The van der Waals surface area contributed by atoms with Crippen molar-refractivity contribution in [2.45, 2.75) is 25.4 Å². The number of aromatic nitrogens is 1. The summed E-state index contributed by atoms with van der Waals surface area (Å²) >= 11 is 5.74. The highest BCUT2D eigenvalue weighted by molar-refractivity contribution is 6.31. The number of anilines is 1. The molecule has 0 aromatic carbocycles. The van der Waals surface area contributed by atoms with Crippen molar-refractivity contribution < 1.29 is 4.74 Å². The van der Waals surface area contributed by atoms with E-state index < -0.39 is 0 Å². The van der Waals surface area contributed by atoms with Crippen molar-refractivity contribution in [2.24, 2.45) is 0 Å². The van der Waals surface area contributed by atoms with Gasteiger partial charge in [-0.1, -0.05) is 11.6 Å². The van der Waals surface area contributed by atoms with Crippen molar-refractivity contribution in [1.82, 2.24) is 4.98 Å². The lowest BCUT2D eigenvalue weighted by atomic mass is 10.0. The number of hydrogen-bond acceptors (Lipinski definition) is 3. The van der Waals surface area contributed by atoms with Crippen LogP contribution in [0.5, 0.6) is 0 Å². The van der Waals surface area contributed by atoms with Crippen molar-refractivity contribution in [3.8, 4) is 0 Å². The molecular formula is C10H13ClN2O. The zero-order chi connectivity index (χ0) is 9.97. The monoisotopic (exact) mass is 212 g/mol. The molecule has 1 aromatic rings. The van der Waals surface area contributed by atoms with E-state index in [0.717, 1.165) is 25.0 Å². The van der Waals surface area contributed by atoms with Crippen LogP contribution in [0, 0.1) is 0 Å². The van der Waals surface area contributed by atoms with Gasteiger partial charge in [-0.2, -0.15) is 0 Å². The highest BCUT2D eigenvalue weighted by Crippen LogP contribution is 2.29. The lowest BCUT2D eigenvalue weighted by Crippen LogP contribution is -2.12. The number of rotatable bonds is 1. The van der Waals surface area contributed by atoms with Gasteiger partial charge in [0.15, 0.2) is 5.15 Å². The van der Waals surface area contributed by atoms with E-state index in [0.29, 0.717) is 10.8 Å². The standard InChI is InChI=1S/C10H13ClN2O/c11-10-8(12)5-7(6-13-10)9-3-1-2-4-14-9/h5-6,9H,1-4,12H2. The van der Waals surface area contributed by atoms with Crippen LogP contribution in [0.15, 0.2) is 12.3 Å². The molecule has 0 aliphatic carbocycles. The van der Waals surface area contributed by atoms with Crippen LogP contribution in [0.3, 0.4) is 0 Å². The van der Waals surface area contributed by atoms with Gasteiger partial charge in [-0.05, 0) is 25.3 Å². The van der Waals surface area contributed by atoms with Crippen molar-refractivity contribution in [1.29, 1.82) is 0 Å². The third kappa shape index (κ3) is 1.99. The van der Waals surface area contributed by atoms with Crippen LogP contribution in [-0.4, -0.2) is 11.6 Å². The molecule has 1 atom stereocenters. The van der Waals surface area contributed by atoms with E-state index in [-0.39, 0.29) is 6.10 Å². The van der Waals surface area contributed by atoms with Gasteiger partial charge in [0, 0.05) is 18.4 Å². The first-order valence-corrected chi connectivity index (χ1v) is 5.17. The second-order valence-electron chi connectivity index (χ2n) is 3.50.